The predicted octanol–water partition coefficient (Wildman–Crippen LogP) is 4.94. The van der Waals surface area contributed by atoms with Crippen molar-refractivity contribution in [3.05, 3.63) is 71.5 Å². The highest BCUT2D eigenvalue weighted by molar-refractivity contribution is 9.09. The van der Waals surface area contributed by atoms with Crippen molar-refractivity contribution in [2.45, 2.75) is 45.3 Å². The van der Waals surface area contributed by atoms with Gasteiger partial charge in [-0.15, -0.1) is 5.10 Å². The van der Waals surface area contributed by atoms with Crippen LogP contribution in [0.25, 0.3) is 0 Å². The second kappa shape index (κ2) is 11.5. The van der Waals surface area contributed by atoms with Crippen molar-refractivity contribution in [1.82, 2.24) is 15.0 Å². The first-order valence-corrected chi connectivity index (χ1v) is 11.3. The van der Waals surface area contributed by atoms with Gasteiger partial charge in [-0.3, -0.25) is 9.48 Å². The average Bonchev–Trinajstić information content (AvgIpc) is 3.20. The zero-order valence-corrected chi connectivity index (χ0v) is 18.4. The third-order valence-electron chi connectivity index (χ3n) is 4.72. The number of nitrogens with zero attached hydrogens (tertiary/aromatic N) is 3. The number of carbonyl (C=O) groups excluding carboxylic acids is 1. The quantitative estimate of drug-likeness (QED) is 0.230. The smallest absolute Gasteiger partial charge is 0.170 e. The van der Waals surface area contributed by atoms with Gasteiger partial charge in [-0.1, -0.05) is 64.3 Å². The predicted molar refractivity (Wildman–Crippen MR) is 119 cm³/mol. The minimum absolute atomic E-state index is 0.0828. The summed E-state index contributed by atoms with van der Waals surface area (Å²) in [6.07, 6.45) is 6.77. The number of ketones is 1. The van der Waals surface area contributed by atoms with Crippen molar-refractivity contribution in [2.24, 2.45) is 0 Å². The molecule has 0 aliphatic rings. The van der Waals surface area contributed by atoms with E-state index in [1.807, 2.05) is 41.2 Å². The molecule has 0 saturated heterocycles. The van der Waals surface area contributed by atoms with Crippen LogP contribution in [-0.2, 0) is 19.6 Å². The fourth-order valence-corrected chi connectivity index (χ4v) is 3.50. The third kappa shape index (κ3) is 6.69. The molecule has 3 aromatic rings. The Morgan fingerprint density at radius 1 is 1.07 bits per heavy atom. The van der Waals surface area contributed by atoms with Crippen LogP contribution in [-0.4, -0.2) is 31.2 Å². The van der Waals surface area contributed by atoms with E-state index in [1.165, 1.54) is 25.3 Å². The number of phenolic OH excluding ortho intramolecular Hbond substituents is 1. The normalized spacial score (nSPS) is 10.8. The Bertz CT molecular complexity index is 944. The maximum absolute atomic E-state index is 12.4. The Kier molecular flexibility index (Phi) is 8.44. The number of hydrogen-bond donors (Lipinski definition) is 1. The number of halogens is 1. The lowest BCUT2D eigenvalue weighted by Gasteiger charge is -2.08. The van der Waals surface area contributed by atoms with Gasteiger partial charge in [0.05, 0.1) is 11.8 Å². The number of aryl methyl sites for hydroxylation is 1. The number of Topliss-reactive ketones (excluding diaryl/α,β-unsaturated/α-hetero) is 1. The first kappa shape index (κ1) is 22.0. The van der Waals surface area contributed by atoms with Crippen molar-refractivity contribution < 1.29 is 14.6 Å². The number of carbonyl (C=O) groups is 1. The van der Waals surface area contributed by atoms with Crippen LogP contribution in [0.3, 0.4) is 0 Å². The summed E-state index contributed by atoms with van der Waals surface area (Å²) in [5.41, 5.74) is 1.92. The fraction of sp³-hybridized carbons (Fsp3) is 0.348. The molecule has 158 valence electrons. The zero-order chi connectivity index (χ0) is 21.2. The summed E-state index contributed by atoms with van der Waals surface area (Å²) < 4.78 is 7.53. The number of benzene rings is 2. The summed E-state index contributed by atoms with van der Waals surface area (Å²) in [5.74, 6) is 0.262. The van der Waals surface area contributed by atoms with Gasteiger partial charge in [0.2, 0.25) is 0 Å². The van der Waals surface area contributed by atoms with Crippen LogP contribution in [0.5, 0.6) is 11.5 Å². The Balaban J connectivity index is 1.49. The summed E-state index contributed by atoms with van der Waals surface area (Å²) in [7, 11) is 0. The molecule has 1 aromatic heterocycles. The van der Waals surface area contributed by atoms with E-state index in [1.54, 1.807) is 12.1 Å². The first-order chi connectivity index (χ1) is 14.7. The highest BCUT2D eigenvalue weighted by Gasteiger charge is 2.13. The highest BCUT2D eigenvalue weighted by atomic mass is 79.9. The molecule has 0 bridgehead atoms. The number of ether oxygens (including phenoxy) is 1. The SMILES string of the molecule is O=C(Cc1ccccc1)c1ccc(OCc2cn(CCCCCCBr)nn2)cc1O. The molecule has 6 nitrogen and oxygen atoms in total. The number of aromatic hydroxyl groups is 1. The molecule has 7 heteroatoms. The van der Waals surface area contributed by atoms with Crippen molar-refractivity contribution >= 4 is 21.7 Å². The van der Waals surface area contributed by atoms with Gasteiger partial charge in [0.1, 0.15) is 23.8 Å². The van der Waals surface area contributed by atoms with Crippen LogP contribution in [0.15, 0.2) is 54.7 Å². The molecule has 2 aromatic carbocycles. The topological polar surface area (TPSA) is 77.2 Å². The van der Waals surface area contributed by atoms with Crippen LogP contribution >= 0.6 is 15.9 Å². The lowest BCUT2D eigenvalue weighted by Crippen LogP contribution is -2.04. The molecule has 3 rings (SSSR count). The molecule has 0 saturated carbocycles. The van der Waals surface area contributed by atoms with Gasteiger partial charge in [-0.2, -0.15) is 0 Å². The van der Waals surface area contributed by atoms with Crippen LogP contribution in [0, 0.1) is 0 Å². The molecule has 0 fully saturated rings. The Morgan fingerprint density at radius 2 is 1.87 bits per heavy atom. The summed E-state index contributed by atoms with van der Waals surface area (Å²) in [6.45, 7) is 1.09. The van der Waals surface area contributed by atoms with Gasteiger partial charge in [-0.25, -0.2) is 0 Å². The van der Waals surface area contributed by atoms with Gasteiger partial charge in [0, 0.05) is 24.4 Å². The highest BCUT2D eigenvalue weighted by Crippen LogP contribution is 2.25. The standard InChI is InChI=1S/C23H26BrN3O3/c24-12-6-1-2-7-13-27-16-19(25-26-27)17-30-20-10-11-21(23(29)15-20)22(28)14-18-8-4-3-5-9-18/h3-5,8-11,15-16,29H,1-2,6-7,12-14,17H2. The van der Waals surface area contributed by atoms with Gasteiger partial charge >= 0.3 is 0 Å². The van der Waals surface area contributed by atoms with Crippen molar-refractivity contribution in [3.63, 3.8) is 0 Å². The van der Waals surface area contributed by atoms with Crippen LogP contribution in [0.1, 0.15) is 47.3 Å². The second-order valence-corrected chi connectivity index (χ2v) is 7.92. The van der Waals surface area contributed by atoms with Crippen molar-refractivity contribution in [1.29, 1.82) is 0 Å². The summed E-state index contributed by atoms with van der Waals surface area (Å²) in [5, 5.41) is 19.6. The van der Waals surface area contributed by atoms with Crippen LogP contribution in [0.2, 0.25) is 0 Å². The molecule has 0 amide bonds. The summed E-state index contributed by atoms with van der Waals surface area (Å²) in [4.78, 5) is 12.4. The summed E-state index contributed by atoms with van der Waals surface area (Å²) in [6, 6.07) is 14.2. The minimum Gasteiger partial charge on any atom is -0.507 e. The number of alkyl halides is 1. The molecule has 1 N–H and O–H groups in total. The molecule has 0 aliphatic carbocycles. The first-order valence-electron chi connectivity index (χ1n) is 10.1. The van der Waals surface area contributed by atoms with E-state index in [0.717, 1.165) is 29.6 Å². The van der Waals surface area contributed by atoms with Crippen molar-refractivity contribution in [2.75, 3.05) is 5.33 Å². The number of rotatable bonds is 12. The fourth-order valence-electron chi connectivity index (χ4n) is 3.11. The Hall–Kier alpha value is -2.67. The van der Waals surface area contributed by atoms with E-state index in [0.29, 0.717) is 5.75 Å². The number of hydrogen-bond acceptors (Lipinski definition) is 5. The van der Waals surface area contributed by atoms with Gasteiger partial charge < -0.3 is 9.84 Å². The largest absolute Gasteiger partial charge is 0.507 e. The van der Waals surface area contributed by atoms with Crippen molar-refractivity contribution in [3.8, 4) is 11.5 Å². The van der Waals surface area contributed by atoms with Crippen LogP contribution in [0.4, 0.5) is 0 Å². The molecule has 0 radical (unpaired) electrons. The lowest BCUT2D eigenvalue weighted by atomic mass is 10.0. The van der Waals surface area contributed by atoms with E-state index in [4.69, 9.17) is 4.74 Å². The molecule has 0 atom stereocenters. The Labute approximate surface area is 185 Å². The molecule has 0 unspecified atom stereocenters. The monoisotopic (exact) mass is 471 g/mol. The maximum Gasteiger partial charge on any atom is 0.170 e. The third-order valence-corrected chi connectivity index (χ3v) is 5.28. The van der Waals surface area contributed by atoms with Crippen LogP contribution < -0.4 is 4.74 Å². The zero-order valence-electron chi connectivity index (χ0n) is 16.8. The number of aromatic nitrogens is 3. The van der Waals surface area contributed by atoms with E-state index in [-0.39, 0.29) is 30.1 Å². The lowest BCUT2D eigenvalue weighted by molar-refractivity contribution is 0.0990. The van der Waals surface area contributed by atoms with E-state index >= 15 is 0 Å². The molecular formula is C23H26BrN3O3. The summed E-state index contributed by atoms with van der Waals surface area (Å²) >= 11 is 3.44. The van der Waals surface area contributed by atoms with E-state index in [9.17, 15) is 9.90 Å². The molecule has 0 aliphatic heterocycles. The van der Waals surface area contributed by atoms with Gasteiger partial charge in [0.25, 0.3) is 0 Å². The van der Waals surface area contributed by atoms with Gasteiger partial charge in [0.15, 0.2) is 5.78 Å². The number of unbranched alkanes of at least 4 members (excludes halogenated alkanes) is 3. The molecule has 0 spiro atoms. The number of phenols is 1. The minimum atomic E-state index is -0.135. The molecular weight excluding hydrogens is 446 g/mol. The second-order valence-electron chi connectivity index (χ2n) is 7.13. The van der Waals surface area contributed by atoms with E-state index < -0.39 is 0 Å². The van der Waals surface area contributed by atoms with Gasteiger partial charge in [-0.05, 0) is 30.5 Å². The molecule has 1 heterocycles. The maximum atomic E-state index is 12.4. The molecule has 30 heavy (non-hydrogen) atoms. The van der Waals surface area contributed by atoms with E-state index in [2.05, 4.69) is 26.2 Å². The Morgan fingerprint density at radius 3 is 2.63 bits per heavy atom. The average molecular weight is 472 g/mol.